The zero-order valence-corrected chi connectivity index (χ0v) is 10.4. The average Bonchev–Trinajstić information content (AvgIpc) is 2.61. The van der Waals surface area contributed by atoms with Crippen LogP contribution in [0.1, 0.15) is 6.92 Å². The minimum absolute atomic E-state index is 0.0500. The van der Waals surface area contributed by atoms with E-state index in [2.05, 4.69) is 10.9 Å². The molecule has 0 spiro atoms. The largest absolute Gasteiger partial charge is 0.255 e. The molecule has 1 heterocycles. The van der Waals surface area contributed by atoms with Crippen LogP contribution >= 0.6 is 22.9 Å². The van der Waals surface area contributed by atoms with E-state index < -0.39 is 10.0 Å². The van der Waals surface area contributed by atoms with Crippen molar-refractivity contribution < 1.29 is 8.42 Å². The molecule has 0 N–H and O–H groups in total. The Bertz CT molecular complexity index is 475. The molecule has 1 rings (SSSR count). The fourth-order valence-electron chi connectivity index (χ4n) is 0.954. The number of halogens is 1. The average molecular weight is 265 g/mol. The maximum absolute atomic E-state index is 11.9. The Kier molecular flexibility index (Phi) is 4.11. The van der Waals surface area contributed by atoms with Crippen molar-refractivity contribution in [2.45, 2.75) is 11.1 Å². The third kappa shape index (κ3) is 2.69. The lowest BCUT2D eigenvalue weighted by molar-refractivity contribution is 0.465. The zero-order valence-electron chi connectivity index (χ0n) is 7.97. The molecule has 0 bridgehead atoms. The van der Waals surface area contributed by atoms with E-state index in [0.717, 1.165) is 11.3 Å². The molecule has 0 saturated carbocycles. The second kappa shape index (κ2) is 4.94. The van der Waals surface area contributed by atoms with Gasteiger partial charge in [0.1, 0.15) is 0 Å². The van der Waals surface area contributed by atoms with Crippen LogP contribution in [-0.4, -0.2) is 30.8 Å². The second-order valence-electron chi connectivity index (χ2n) is 2.57. The summed E-state index contributed by atoms with van der Waals surface area (Å²) >= 11 is 6.50. The Labute approximate surface area is 97.9 Å². The maximum atomic E-state index is 11.9. The van der Waals surface area contributed by atoms with Crippen LogP contribution in [-0.2, 0) is 10.0 Å². The number of rotatable bonds is 4. The minimum Gasteiger partial charge on any atom is -0.232 e. The summed E-state index contributed by atoms with van der Waals surface area (Å²) in [5.74, 6) is 2.30. The van der Waals surface area contributed by atoms with Crippen molar-refractivity contribution in [1.82, 2.24) is 9.29 Å². The van der Waals surface area contributed by atoms with E-state index in [-0.39, 0.29) is 15.2 Å². The fraction of sp³-hybridized carbons (Fsp3) is 0.375. The number of nitrogens with zero attached hydrogens (tertiary/aromatic N) is 2. The number of hydrogen-bond acceptors (Lipinski definition) is 4. The third-order valence-corrected chi connectivity index (χ3v) is 5.14. The van der Waals surface area contributed by atoms with Crippen molar-refractivity contribution in [3.63, 3.8) is 0 Å². The molecule has 7 heteroatoms. The SMILES string of the molecule is C#CCN(CC)S(=O)(=O)c1cnc(Cl)s1. The first kappa shape index (κ1) is 12.5. The minimum atomic E-state index is -3.53. The van der Waals surface area contributed by atoms with Crippen LogP contribution in [0.3, 0.4) is 0 Å². The van der Waals surface area contributed by atoms with Crippen LogP contribution in [0.2, 0.25) is 4.47 Å². The van der Waals surface area contributed by atoms with Crippen LogP contribution in [0, 0.1) is 12.3 Å². The highest BCUT2D eigenvalue weighted by atomic mass is 35.5. The Morgan fingerprint density at radius 3 is 2.80 bits per heavy atom. The Hall–Kier alpha value is -0.610. The van der Waals surface area contributed by atoms with Gasteiger partial charge in [0, 0.05) is 6.54 Å². The van der Waals surface area contributed by atoms with E-state index in [9.17, 15) is 8.42 Å². The Morgan fingerprint density at radius 1 is 1.73 bits per heavy atom. The molecular weight excluding hydrogens is 256 g/mol. The van der Waals surface area contributed by atoms with Gasteiger partial charge >= 0.3 is 0 Å². The second-order valence-corrected chi connectivity index (χ2v) is 6.35. The van der Waals surface area contributed by atoms with Crippen LogP contribution < -0.4 is 0 Å². The summed E-state index contributed by atoms with van der Waals surface area (Å²) in [5, 5.41) is 0. The molecule has 0 aliphatic rings. The normalized spacial score (nSPS) is 11.6. The van der Waals surface area contributed by atoms with E-state index in [4.69, 9.17) is 18.0 Å². The van der Waals surface area contributed by atoms with Crippen LogP contribution in [0.5, 0.6) is 0 Å². The van der Waals surface area contributed by atoms with Gasteiger partial charge in [0.25, 0.3) is 10.0 Å². The molecule has 1 aromatic rings. The standard InChI is InChI=1S/C8H9ClN2O2S2/c1-3-5-11(4-2)15(12,13)7-6-10-8(9)14-7/h1,6H,4-5H2,2H3. The van der Waals surface area contributed by atoms with Gasteiger partial charge < -0.3 is 0 Å². The van der Waals surface area contributed by atoms with Crippen LogP contribution in [0.4, 0.5) is 0 Å². The summed E-state index contributed by atoms with van der Waals surface area (Å²) in [5.41, 5.74) is 0. The van der Waals surface area contributed by atoms with Crippen molar-refractivity contribution in [2.24, 2.45) is 0 Å². The summed E-state index contributed by atoms with van der Waals surface area (Å²) in [6.45, 7) is 2.09. The number of sulfonamides is 1. The molecule has 0 radical (unpaired) electrons. The predicted octanol–water partition coefficient (Wildman–Crippen LogP) is 1.44. The van der Waals surface area contributed by atoms with Gasteiger partial charge in [-0.15, -0.1) is 6.42 Å². The quantitative estimate of drug-likeness (QED) is 0.774. The summed E-state index contributed by atoms with van der Waals surface area (Å²) in [4.78, 5) is 3.69. The van der Waals surface area contributed by atoms with Crippen molar-refractivity contribution in [3.05, 3.63) is 10.7 Å². The molecule has 0 amide bonds. The number of hydrogen-bond donors (Lipinski definition) is 0. The summed E-state index contributed by atoms with van der Waals surface area (Å²) in [6.07, 6.45) is 6.33. The third-order valence-electron chi connectivity index (χ3n) is 1.67. The maximum Gasteiger partial charge on any atom is 0.255 e. The van der Waals surface area contributed by atoms with E-state index >= 15 is 0 Å². The van der Waals surface area contributed by atoms with Gasteiger partial charge in [-0.2, -0.15) is 4.31 Å². The van der Waals surface area contributed by atoms with Crippen LogP contribution in [0.15, 0.2) is 10.4 Å². The highest BCUT2D eigenvalue weighted by molar-refractivity contribution is 7.91. The molecular formula is C8H9ClN2O2S2. The van der Waals surface area contributed by atoms with E-state index in [1.54, 1.807) is 6.92 Å². The molecule has 0 aliphatic heterocycles. The van der Waals surface area contributed by atoms with E-state index in [1.165, 1.54) is 10.5 Å². The molecule has 4 nitrogen and oxygen atoms in total. The lowest BCUT2D eigenvalue weighted by atomic mass is 10.6. The highest BCUT2D eigenvalue weighted by Crippen LogP contribution is 2.25. The molecule has 0 fully saturated rings. The van der Waals surface area contributed by atoms with Gasteiger partial charge in [-0.25, -0.2) is 13.4 Å². The Balaban J connectivity index is 3.07. The number of terminal acetylenes is 1. The van der Waals surface area contributed by atoms with Gasteiger partial charge in [-0.1, -0.05) is 35.8 Å². The summed E-state index contributed by atoms with van der Waals surface area (Å²) < 4.78 is 25.3. The molecule has 82 valence electrons. The predicted molar refractivity (Wildman–Crippen MR) is 60.4 cm³/mol. The monoisotopic (exact) mass is 264 g/mol. The van der Waals surface area contributed by atoms with Crippen LogP contribution in [0.25, 0.3) is 0 Å². The van der Waals surface area contributed by atoms with Gasteiger partial charge in [0.05, 0.1) is 12.7 Å². The number of aromatic nitrogens is 1. The topological polar surface area (TPSA) is 50.3 Å². The van der Waals surface area contributed by atoms with Crippen molar-refractivity contribution in [1.29, 1.82) is 0 Å². The first-order valence-corrected chi connectivity index (χ1v) is 6.70. The first-order chi connectivity index (χ1) is 7.02. The lowest BCUT2D eigenvalue weighted by Crippen LogP contribution is -2.30. The first-order valence-electron chi connectivity index (χ1n) is 4.07. The van der Waals surface area contributed by atoms with Crippen molar-refractivity contribution in [3.8, 4) is 12.3 Å². The Morgan fingerprint density at radius 2 is 2.40 bits per heavy atom. The molecule has 0 saturated heterocycles. The van der Waals surface area contributed by atoms with Gasteiger partial charge in [-0.3, -0.25) is 0 Å². The van der Waals surface area contributed by atoms with Crippen molar-refractivity contribution >= 4 is 33.0 Å². The molecule has 0 aromatic carbocycles. The van der Waals surface area contributed by atoms with Gasteiger partial charge in [-0.05, 0) is 0 Å². The molecule has 0 unspecified atom stereocenters. The smallest absolute Gasteiger partial charge is 0.232 e. The van der Waals surface area contributed by atoms with Gasteiger partial charge in [0.15, 0.2) is 8.68 Å². The summed E-state index contributed by atoms with van der Waals surface area (Å²) in [6, 6.07) is 0. The van der Waals surface area contributed by atoms with E-state index in [1.807, 2.05) is 0 Å². The van der Waals surface area contributed by atoms with E-state index in [0.29, 0.717) is 6.54 Å². The molecule has 0 aliphatic carbocycles. The fourth-order valence-corrected chi connectivity index (χ4v) is 3.77. The molecule has 0 atom stereocenters. The van der Waals surface area contributed by atoms with Gasteiger partial charge in [0.2, 0.25) is 0 Å². The summed E-state index contributed by atoms with van der Waals surface area (Å²) in [7, 11) is -3.53. The molecule has 1 aromatic heterocycles. The zero-order chi connectivity index (χ0) is 11.5. The van der Waals surface area contributed by atoms with Crippen molar-refractivity contribution in [2.75, 3.05) is 13.1 Å². The lowest BCUT2D eigenvalue weighted by Gasteiger charge is -2.15. The number of thiazole rings is 1. The highest BCUT2D eigenvalue weighted by Gasteiger charge is 2.24. The molecule has 15 heavy (non-hydrogen) atoms.